The first-order chi connectivity index (χ1) is 8.41. The zero-order valence-corrected chi connectivity index (χ0v) is 10.6. The van der Waals surface area contributed by atoms with Crippen LogP contribution in [0.15, 0.2) is 0 Å². The molecule has 0 saturated heterocycles. The molecule has 0 amide bonds. The van der Waals surface area contributed by atoms with Crippen LogP contribution in [0.25, 0.3) is 0 Å². The lowest BCUT2D eigenvalue weighted by Gasteiger charge is -2.16. The molecular formula is C10H17F3N4O. The van der Waals surface area contributed by atoms with Crippen LogP contribution in [-0.4, -0.2) is 35.8 Å². The number of nitrogens with zero attached hydrogens (tertiary/aromatic N) is 3. The maximum Gasteiger partial charge on any atom is 0.434 e. The molecule has 0 aliphatic heterocycles. The Hall–Kier alpha value is -1.15. The highest BCUT2D eigenvalue weighted by Crippen LogP contribution is 2.33. The number of halogens is 3. The molecule has 5 nitrogen and oxygen atoms in total. The quantitative estimate of drug-likeness (QED) is 0.850. The zero-order chi connectivity index (χ0) is 13.8. The predicted molar refractivity (Wildman–Crippen MR) is 59.0 cm³/mol. The van der Waals surface area contributed by atoms with Crippen molar-refractivity contribution >= 4 is 0 Å². The van der Waals surface area contributed by atoms with Crippen LogP contribution in [0.1, 0.15) is 30.8 Å². The Labute approximate surface area is 103 Å². The van der Waals surface area contributed by atoms with Crippen LogP contribution in [0.3, 0.4) is 0 Å². The summed E-state index contributed by atoms with van der Waals surface area (Å²) in [4.78, 5) is 0. The van der Waals surface area contributed by atoms with E-state index in [0.29, 0.717) is 13.0 Å². The molecule has 0 aliphatic rings. The standard InChI is InChI=1S/C10H17F3N4O/c1-7(4-5-18-3)17-9(10(11,12)13)8(6-14-2)15-16-17/h7,14H,4-6H2,1-3H3. The van der Waals surface area contributed by atoms with Gasteiger partial charge in [-0.25, -0.2) is 4.68 Å². The SMILES string of the molecule is CNCc1nnn(C(C)CCOC)c1C(F)(F)F. The third-order valence-corrected chi connectivity index (χ3v) is 2.53. The first kappa shape index (κ1) is 14.9. The molecule has 0 aromatic carbocycles. The van der Waals surface area contributed by atoms with Crippen LogP contribution in [0.5, 0.6) is 0 Å². The molecule has 1 unspecified atom stereocenters. The summed E-state index contributed by atoms with van der Waals surface area (Å²) in [6, 6.07) is -0.417. The molecule has 0 radical (unpaired) electrons. The van der Waals surface area contributed by atoms with E-state index in [2.05, 4.69) is 15.6 Å². The van der Waals surface area contributed by atoms with E-state index in [4.69, 9.17) is 4.74 Å². The van der Waals surface area contributed by atoms with Crippen LogP contribution >= 0.6 is 0 Å². The minimum atomic E-state index is -4.46. The Morgan fingerprint density at radius 1 is 1.44 bits per heavy atom. The van der Waals surface area contributed by atoms with Crippen LogP contribution in [0.4, 0.5) is 13.2 Å². The fourth-order valence-electron chi connectivity index (χ4n) is 1.63. The van der Waals surface area contributed by atoms with Gasteiger partial charge in [0.2, 0.25) is 0 Å². The van der Waals surface area contributed by atoms with E-state index < -0.39 is 17.9 Å². The summed E-state index contributed by atoms with van der Waals surface area (Å²) in [7, 11) is 3.07. The van der Waals surface area contributed by atoms with Crippen molar-refractivity contribution < 1.29 is 17.9 Å². The average molecular weight is 266 g/mol. The van der Waals surface area contributed by atoms with Gasteiger partial charge in [0.1, 0.15) is 5.69 Å². The van der Waals surface area contributed by atoms with E-state index in [0.717, 1.165) is 4.68 Å². The van der Waals surface area contributed by atoms with Crippen molar-refractivity contribution in [3.8, 4) is 0 Å². The number of hydrogen-bond acceptors (Lipinski definition) is 4. The molecule has 0 fully saturated rings. The second kappa shape index (κ2) is 6.14. The van der Waals surface area contributed by atoms with Crippen LogP contribution in [0, 0.1) is 0 Å². The lowest BCUT2D eigenvalue weighted by atomic mass is 10.2. The molecule has 18 heavy (non-hydrogen) atoms. The zero-order valence-electron chi connectivity index (χ0n) is 10.6. The fraction of sp³-hybridized carbons (Fsp3) is 0.800. The summed E-state index contributed by atoms with van der Waals surface area (Å²) in [5, 5.41) is 9.85. The van der Waals surface area contributed by atoms with Gasteiger partial charge in [-0.2, -0.15) is 13.2 Å². The number of hydrogen-bond donors (Lipinski definition) is 1. The van der Waals surface area contributed by atoms with E-state index in [9.17, 15) is 13.2 Å². The highest BCUT2D eigenvalue weighted by atomic mass is 19.4. The van der Waals surface area contributed by atoms with Gasteiger partial charge in [0.15, 0.2) is 5.69 Å². The molecule has 0 aliphatic carbocycles. The van der Waals surface area contributed by atoms with Crippen LogP contribution in [0.2, 0.25) is 0 Å². The Balaban J connectivity index is 3.04. The Kier molecular flexibility index (Phi) is 5.09. The third-order valence-electron chi connectivity index (χ3n) is 2.53. The number of ether oxygens (including phenoxy) is 1. The van der Waals surface area contributed by atoms with E-state index in [1.165, 1.54) is 7.11 Å². The van der Waals surface area contributed by atoms with Gasteiger partial charge in [0.25, 0.3) is 0 Å². The molecule has 1 aromatic heterocycles. The molecule has 1 aromatic rings. The fourth-order valence-corrected chi connectivity index (χ4v) is 1.63. The average Bonchev–Trinajstić information content (AvgIpc) is 2.70. The van der Waals surface area contributed by atoms with Crippen molar-refractivity contribution in [3.05, 3.63) is 11.4 Å². The molecule has 1 rings (SSSR count). The smallest absolute Gasteiger partial charge is 0.385 e. The summed E-state index contributed by atoms with van der Waals surface area (Å²) in [6.07, 6.45) is -4.01. The van der Waals surface area contributed by atoms with Crippen molar-refractivity contribution in [2.75, 3.05) is 20.8 Å². The number of aromatic nitrogens is 3. The van der Waals surface area contributed by atoms with Crippen LogP contribution < -0.4 is 5.32 Å². The second-order valence-electron chi connectivity index (χ2n) is 3.99. The van der Waals surface area contributed by atoms with Gasteiger partial charge in [0.05, 0.1) is 6.04 Å². The molecule has 1 N–H and O–H groups in total. The lowest BCUT2D eigenvalue weighted by molar-refractivity contribution is -0.145. The lowest BCUT2D eigenvalue weighted by Crippen LogP contribution is -2.21. The van der Waals surface area contributed by atoms with Gasteiger partial charge >= 0.3 is 6.18 Å². The van der Waals surface area contributed by atoms with Crippen LogP contribution in [-0.2, 0) is 17.5 Å². The molecule has 104 valence electrons. The van der Waals surface area contributed by atoms with Gasteiger partial charge in [0, 0.05) is 20.3 Å². The van der Waals surface area contributed by atoms with Gasteiger partial charge in [-0.15, -0.1) is 5.10 Å². The van der Waals surface area contributed by atoms with Gasteiger partial charge in [-0.1, -0.05) is 5.21 Å². The second-order valence-corrected chi connectivity index (χ2v) is 3.99. The summed E-state index contributed by atoms with van der Waals surface area (Å²) >= 11 is 0. The maximum atomic E-state index is 13.0. The molecule has 1 heterocycles. The first-order valence-corrected chi connectivity index (χ1v) is 5.56. The van der Waals surface area contributed by atoms with E-state index in [-0.39, 0.29) is 12.2 Å². The molecular weight excluding hydrogens is 249 g/mol. The highest BCUT2D eigenvalue weighted by molar-refractivity contribution is 5.14. The minimum Gasteiger partial charge on any atom is -0.385 e. The Morgan fingerprint density at radius 2 is 2.11 bits per heavy atom. The van der Waals surface area contributed by atoms with Crippen molar-refractivity contribution in [1.29, 1.82) is 0 Å². The highest BCUT2D eigenvalue weighted by Gasteiger charge is 2.39. The monoisotopic (exact) mass is 266 g/mol. The largest absolute Gasteiger partial charge is 0.434 e. The van der Waals surface area contributed by atoms with Gasteiger partial charge < -0.3 is 10.1 Å². The van der Waals surface area contributed by atoms with Crippen molar-refractivity contribution in [2.24, 2.45) is 0 Å². The Morgan fingerprint density at radius 3 is 2.61 bits per heavy atom. The summed E-state index contributed by atoms with van der Waals surface area (Å²) < 4.78 is 44.7. The molecule has 0 saturated carbocycles. The van der Waals surface area contributed by atoms with E-state index in [1.807, 2.05) is 0 Å². The van der Waals surface area contributed by atoms with Crippen molar-refractivity contribution in [2.45, 2.75) is 32.1 Å². The number of methoxy groups -OCH3 is 1. The van der Waals surface area contributed by atoms with Gasteiger partial charge in [-0.3, -0.25) is 0 Å². The molecule has 8 heteroatoms. The maximum absolute atomic E-state index is 13.0. The predicted octanol–water partition coefficient (Wildman–Crippen LogP) is 1.61. The first-order valence-electron chi connectivity index (χ1n) is 5.56. The summed E-state index contributed by atoms with van der Waals surface area (Å²) in [5.74, 6) is 0. The molecule has 0 spiro atoms. The van der Waals surface area contributed by atoms with Gasteiger partial charge in [-0.05, 0) is 20.4 Å². The number of nitrogens with one attached hydrogen (secondary N) is 1. The normalized spacial score (nSPS) is 13.9. The number of alkyl halides is 3. The van der Waals surface area contributed by atoms with Crippen molar-refractivity contribution in [3.63, 3.8) is 0 Å². The third kappa shape index (κ3) is 3.42. The topological polar surface area (TPSA) is 52.0 Å². The summed E-state index contributed by atoms with van der Waals surface area (Å²) in [6.45, 7) is 2.07. The minimum absolute atomic E-state index is 0.0336. The number of rotatable bonds is 6. The van der Waals surface area contributed by atoms with E-state index in [1.54, 1.807) is 14.0 Å². The van der Waals surface area contributed by atoms with Crippen molar-refractivity contribution in [1.82, 2.24) is 20.3 Å². The molecule has 0 bridgehead atoms. The summed E-state index contributed by atoms with van der Waals surface area (Å²) in [5.41, 5.74) is -0.880. The van der Waals surface area contributed by atoms with E-state index >= 15 is 0 Å². The Bertz CT molecular complexity index is 378. The molecule has 1 atom stereocenters.